The number of anilines is 3. The Morgan fingerprint density at radius 1 is 0.792 bits per heavy atom. The van der Waals surface area contributed by atoms with Gasteiger partial charge in [0, 0.05) is 80.6 Å². The molecule has 0 spiro atoms. The largest absolute Gasteiger partial charge is 0.493 e. The highest BCUT2D eigenvalue weighted by atomic mass is 33.1. The van der Waals surface area contributed by atoms with Gasteiger partial charge in [-0.3, -0.25) is 19.2 Å². The van der Waals surface area contributed by atoms with Crippen LogP contribution >= 0.6 is 21.6 Å². The Kier molecular flexibility index (Phi) is 15.4. The van der Waals surface area contributed by atoms with E-state index in [0.717, 1.165) is 40.8 Å². The first kappa shape index (κ1) is 50.3. The molecule has 0 fully saturated rings. The third-order valence-corrected chi connectivity index (χ3v) is 17.2. The number of hydrazone groups is 1. The van der Waals surface area contributed by atoms with Crippen LogP contribution in [-0.4, -0.2) is 89.5 Å². The highest BCUT2D eigenvalue weighted by Crippen LogP contribution is 2.41. The van der Waals surface area contributed by atoms with Crippen molar-refractivity contribution in [1.82, 2.24) is 15.2 Å². The minimum atomic E-state index is -0.230. The van der Waals surface area contributed by atoms with Crippen LogP contribution in [0.25, 0.3) is 0 Å². The summed E-state index contributed by atoms with van der Waals surface area (Å²) in [6.07, 6.45) is 4.36. The predicted molar refractivity (Wildman–Crippen MR) is 288 cm³/mol. The van der Waals surface area contributed by atoms with Crippen molar-refractivity contribution >= 4 is 68.5 Å². The van der Waals surface area contributed by atoms with Crippen molar-refractivity contribution in [3.8, 4) is 17.2 Å². The van der Waals surface area contributed by atoms with Crippen molar-refractivity contribution < 1.29 is 33.4 Å². The third kappa shape index (κ3) is 11.5. The summed E-state index contributed by atoms with van der Waals surface area (Å²) in [4.78, 5) is 60.1. The number of benzene rings is 5. The zero-order valence-corrected chi connectivity index (χ0v) is 43.5. The summed E-state index contributed by atoms with van der Waals surface area (Å²) in [7, 11) is 6.87. The molecule has 16 heteroatoms. The highest BCUT2D eigenvalue weighted by Gasteiger charge is 2.37. The number of methoxy groups -OCH3 is 1. The topological polar surface area (TPSA) is 154 Å². The van der Waals surface area contributed by atoms with E-state index in [0.29, 0.717) is 84.5 Å². The van der Waals surface area contributed by atoms with E-state index in [1.807, 2.05) is 78.4 Å². The van der Waals surface area contributed by atoms with Gasteiger partial charge in [-0.2, -0.15) is 5.10 Å². The Morgan fingerprint density at radius 2 is 1.43 bits per heavy atom. The molecule has 0 bridgehead atoms. The Morgan fingerprint density at radius 3 is 2.11 bits per heavy atom. The average molecular weight is 1010 g/mol. The second-order valence-electron chi connectivity index (χ2n) is 19.6. The number of hydrogen-bond acceptors (Lipinski definition) is 12. The molecule has 72 heavy (non-hydrogen) atoms. The first-order chi connectivity index (χ1) is 34.7. The Labute approximate surface area is 430 Å². The normalized spacial score (nSPS) is 17.0. The number of amides is 4. The first-order valence-corrected chi connectivity index (χ1v) is 26.9. The molecule has 376 valence electrons. The lowest BCUT2D eigenvalue weighted by atomic mass is 9.93. The summed E-state index contributed by atoms with van der Waals surface area (Å²) < 4.78 is 18.7. The van der Waals surface area contributed by atoms with Gasteiger partial charge in [-0.05, 0) is 116 Å². The van der Waals surface area contributed by atoms with E-state index >= 15 is 0 Å². The summed E-state index contributed by atoms with van der Waals surface area (Å²) in [5, 5.41) is 10.5. The van der Waals surface area contributed by atoms with Crippen LogP contribution in [0.5, 0.6) is 17.2 Å². The smallest absolute Gasteiger partial charge is 0.256 e. The van der Waals surface area contributed by atoms with Gasteiger partial charge in [0.1, 0.15) is 19.0 Å². The summed E-state index contributed by atoms with van der Waals surface area (Å²) in [6, 6.07) is 30.1. The fraction of sp³-hybridized carbons (Fsp3) is 0.375. The lowest BCUT2D eigenvalue weighted by Gasteiger charge is -2.36. The van der Waals surface area contributed by atoms with Crippen molar-refractivity contribution in [1.29, 1.82) is 0 Å². The van der Waals surface area contributed by atoms with Gasteiger partial charge in [0.05, 0.1) is 41.7 Å². The van der Waals surface area contributed by atoms with E-state index in [4.69, 9.17) is 14.2 Å². The summed E-state index contributed by atoms with van der Waals surface area (Å²) in [5.41, 5.74) is 13.1. The van der Waals surface area contributed by atoms with Crippen molar-refractivity contribution in [3.05, 3.63) is 141 Å². The zero-order valence-electron chi connectivity index (χ0n) is 41.8. The molecule has 4 amide bonds. The van der Waals surface area contributed by atoms with Gasteiger partial charge in [-0.25, -0.2) is 5.43 Å². The lowest BCUT2D eigenvalue weighted by molar-refractivity contribution is -0.120. The SMILES string of the molecule is CC=NNC(=O)CCSSC(C)(C)CCC(=O)Nc1cc(COc2cc3c(cc2C)C(=O)N2Cc4ccccc4C[C@H]2CN3C)cc(COc2cc3c(cc2OC)C(=O)N2Cc4ccccc4C[C@H]2CN3)c1. The monoisotopic (exact) mass is 1010 g/mol. The Hall–Kier alpha value is -6.65. The van der Waals surface area contributed by atoms with Crippen molar-refractivity contribution in [3.63, 3.8) is 0 Å². The lowest BCUT2D eigenvalue weighted by Crippen LogP contribution is -2.47. The van der Waals surface area contributed by atoms with Gasteiger partial charge < -0.3 is 39.5 Å². The maximum absolute atomic E-state index is 14.2. The summed E-state index contributed by atoms with van der Waals surface area (Å²) in [6.45, 7) is 10.6. The summed E-state index contributed by atoms with van der Waals surface area (Å²) in [5.74, 6) is 1.89. The molecular weight excluding hydrogens is 947 g/mol. The molecule has 3 N–H and O–H groups in total. The molecule has 2 atom stereocenters. The summed E-state index contributed by atoms with van der Waals surface area (Å²) >= 11 is 0. The molecule has 9 rings (SSSR count). The number of carbonyl (C=O) groups excluding carboxylic acids is 4. The van der Waals surface area contributed by atoms with E-state index in [-0.39, 0.29) is 60.1 Å². The van der Waals surface area contributed by atoms with Crippen LogP contribution in [0.4, 0.5) is 17.1 Å². The number of nitrogens with zero attached hydrogens (tertiary/aromatic N) is 4. The molecule has 0 saturated heterocycles. The minimum Gasteiger partial charge on any atom is -0.493 e. The molecule has 4 heterocycles. The quantitative estimate of drug-likeness (QED) is 0.0353. The number of rotatable bonds is 17. The maximum Gasteiger partial charge on any atom is 0.256 e. The molecule has 5 aromatic carbocycles. The van der Waals surface area contributed by atoms with Crippen LogP contribution in [0.3, 0.4) is 0 Å². The van der Waals surface area contributed by atoms with Gasteiger partial charge in [0.15, 0.2) is 11.5 Å². The molecule has 5 aromatic rings. The first-order valence-electron chi connectivity index (χ1n) is 24.6. The molecule has 4 aliphatic rings. The number of carbonyl (C=O) groups is 4. The van der Waals surface area contributed by atoms with Crippen LogP contribution in [0, 0.1) is 6.92 Å². The van der Waals surface area contributed by atoms with Crippen molar-refractivity contribution in [2.24, 2.45) is 5.10 Å². The fourth-order valence-electron chi connectivity index (χ4n) is 9.95. The number of aryl methyl sites for hydroxylation is 1. The van der Waals surface area contributed by atoms with Crippen molar-refractivity contribution in [2.45, 2.75) is 103 Å². The van der Waals surface area contributed by atoms with Crippen molar-refractivity contribution in [2.75, 3.05) is 48.5 Å². The van der Waals surface area contributed by atoms with Gasteiger partial charge in [-0.1, -0.05) is 70.1 Å². The van der Waals surface area contributed by atoms with Crippen LogP contribution < -0.4 is 35.2 Å². The standard InChI is InChI=1S/C56H63N7O7S2/c1-7-58-60-53(65)17-19-71-72-56(3,4)18-16-52(64)59-42-22-36(33-69-49-28-48-46(20-35(49)2)55(67)63-31-41-15-11-9-13-39(41)25-44(63)32-61(48)5)21-37(23-42)34-70-51-27-47-45(26-50(51)68-6)54(66)62-30-40-14-10-8-12-38(40)24-43(62)29-57-47/h7-15,20-23,26-28,43-44,57H,16-19,24-25,29-34H2,1-6H3,(H,59,64)(H,60,65)/t43-,44-/m0/s1. The van der Waals surface area contributed by atoms with Gasteiger partial charge in [0.25, 0.3) is 11.8 Å². The van der Waals surface area contributed by atoms with Crippen LogP contribution in [-0.2, 0) is 48.7 Å². The Bertz CT molecular complexity index is 2910. The highest BCUT2D eigenvalue weighted by molar-refractivity contribution is 8.77. The molecule has 0 aliphatic carbocycles. The molecule has 14 nitrogen and oxygen atoms in total. The van der Waals surface area contributed by atoms with Crippen LogP contribution in [0.15, 0.2) is 96.1 Å². The van der Waals surface area contributed by atoms with E-state index in [9.17, 15) is 19.2 Å². The number of likely N-dealkylation sites (N-methyl/N-ethyl adjacent to an activating group) is 1. The van der Waals surface area contributed by atoms with Crippen LogP contribution in [0.1, 0.15) is 99.7 Å². The predicted octanol–water partition coefficient (Wildman–Crippen LogP) is 9.56. The maximum atomic E-state index is 14.2. The van der Waals surface area contributed by atoms with E-state index in [2.05, 4.69) is 70.2 Å². The van der Waals surface area contributed by atoms with E-state index in [1.54, 1.807) is 41.7 Å². The van der Waals surface area contributed by atoms with Gasteiger partial charge in [-0.15, -0.1) is 0 Å². The molecule has 0 radical (unpaired) electrons. The molecule has 0 unspecified atom stereocenters. The van der Waals surface area contributed by atoms with E-state index in [1.165, 1.54) is 22.9 Å². The van der Waals surface area contributed by atoms with Crippen LogP contribution in [0.2, 0.25) is 0 Å². The van der Waals surface area contributed by atoms with Gasteiger partial charge in [0.2, 0.25) is 11.8 Å². The molecular formula is C56H63N7O7S2. The molecule has 0 aromatic heterocycles. The number of hydrogen-bond donors (Lipinski definition) is 3. The fourth-order valence-corrected chi connectivity index (χ4v) is 12.5. The Balaban J connectivity index is 0.921. The average Bonchev–Trinajstić information content (AvgIpc) is 3.56. The second kappa shape index (κ2) is 22.0. The minimum absolute atomic E-state index is 0.00191. The van der Waals surface area contributed by atoms with E-state index < -0.39 is 0 Å². The number of fused-ring (bicyclic) bond motifs is 6. The molecule has 0 saturated carbocycles. The number of ether oxygens (including phenoxy) is 3. The number of nitrogens with one attached hydrogen (secondary N) is 3. The van der Waals surface area contributed by atoms with Gasteiger partial charge >= 0.3 is 0 Å². The zero-order chi connectivity index (χ0) is 50.5. The second-order valence-corrected chi connectivity index (χ2v) is 22.7. The third-order valence-electron chi connectivity index (χ3n) is 13.8. The molecule has 4 aliphatic heterocycles.